The minimum absolute atomic E-state index is 0.0759. The van der Waals surface area contributed by atoms with Crippen LogP contribution in [0.3, 0.4) is 0 Å². The van der Waals surface area contributed by atoms with Gasteiger partial charge in [0.15, 0.2) is 0 Å². The highest BCUT2D eigenvalue weighted by molar-refractivity contribution is 8.22. The molecule has 21 heavy (non-hydrogen) atoms. The van der Waals surface area contributed by atoms with Gasteiger partial charge in [-0.15, -0.1) is 0 Å². The number of sulfonamides is 1. The van der Waals surface area contributed by atoms with Crippen molar-refractivity contribution in [2.75, 3.05) is 25.4 Å². The van der Waals surface area contributed by atoms with E-state index in [1.165, 1.54) is 12.1 Å². The van der Waals surface area contributed by atoms with E-state index in [0.29, 0.717) is 12.4 Å². The van der Waals surface area contributed by atoms with Gasteiger partial charge in [0.2, 0.25) is 10.0 Å². The van der Waals surface area contributed by atoms with Crippen molar-refractivity contribution >= 4 is 38.3 Å². The smallest absolute Gasteiger partial charge is 0.238 e. The highest BCUT2D eigenvalue weighted by Crippen LogP contribution is 2.16. The van der Waals surface area contributed by atoms with Gasteiger partial charge in [0.25, 0.3) is 0 Å². The molecule has 0 fully saturated rings. The third kappa shape index (κ3) is 6.21. The molecule has 0 heterocycles. The average molecular weight is 349 g/mol. The van der Waals surface area contributed by atoms with Crippen LogP contribution in [0.25, 0.3) is 0 Å². The summed E-state index contributed by atoms with van der Waals surface area (Å²) in [5.74, 6) is 1.35. The Labute approximate surface area is 135 Å². The Morgan fingerprint density at radius 2 is 1.86 bits per heavy atom. The zero-order valence-electron chi connectivity index (χ0n) is 12.1. The fourth-order valence-corrected chi connectivity index (χ4v) is 3.39. The first-order valence-corrected chi connectivity index (χ1v) is 9.49. The van der Waals surface area contributed by atoms with Crippen LogP contribution < -0.4 is 9.88 Å². The van der Waals surface area contributed by atoms with Crippen molar-refractivity contribution < 1.29 is 13.2 Å². The van der Waals surface area contributed by atoms with Gasteiger partial charge in [-0.1, -0.05) is 24.0 Å². The number of nitrogens with two attached hydrogens (primary N) is 1. The highest BCUT2D eigenvalue weighted by atomic mass is 32.2. The van der Waals surface area contributed by atoms with Crippen molar-refractivity contribution in [3.63, 3.8) is 0 Å². The molecule has 118 valence electrons. The van der Waals surface area contributed by atoms with Crippen LogP contribution in [0, 0.1) is 0 Å². The van der Waals surface area contributed by atoms with Crippen LogP contribution in [-0.4, -0.2) is 43.1 Å². The fraction of sp³-hybridized carbons (Fsp3) is 0.462. The van der Waals surface area contributed by atoms with Crippen LogP contribution in [-0.2, 0) is 10.0 Å². The summed E-state index contributed by atoms with van der Waals surface area (Å²) in [5, 5.41) is 5.03. The highest BCUT2D eigenvalue weighted by Gasteiger charge is 2.08. The number of ether oxygens (including phenoxy) is 1. The summed E-state index contributed by atoms with van der Waals surface area (Å²) < 4.78 is 28.6. The number of hydrogen-bond donors (Lipinski definition) is 1. The molecule has 2 N–H and O–H groups in total. The van der Waals surface area contributed by atoms with E-state index in [4.69, 9.17) is 22.1 Å². The lowest BCUT2D eigenvalue weighted by molar-refractivity contribution is 0.344. The van der Waals surface area contributed by atoms with E-state index in [0.717, 1.165) is 23.2 Å². The molecular formula is C13H20N2O3S3. The average Bonchev–Trinajstić information content (AvgIpc) is 2.44. The number of thiocarbonyl (C=S) groups is 1. The Bertz CT molecular complexity index is 555. The summed E-state index contributed by atoms with van der Waals surface area (Å²) in [6.45, 7) is 6.44. The third-order valence-corrected chi connectivity index (χ3v) is 5.17. The Kier molecular flexibility index (Phi) is 7.44. The second-order valence-corrected chi connectivity index (χ2v) is 7.44. The fourth-order valence-electron chi connectivity index (χ4n) is 1.59. The number of thioether (sulfide) groups is 1. The van der Waals surface area contributed by atoms with Crippen LogP contribution >= 0.6 is 24.0 Å². The van der Waals surface area contributed by atoms with Crippen molar-refractivity contribution in [1.82, 2.24) is 4.90 Å². The predicted octanol–water partition coefficient (Wildman–Crippen LogP) is 2.07. The summed E-state index contributed by atoms with van der Waals surface area (Å²) in [6.07, 6.45) is 0. The molecule has 0 bridgehead atoms. The van der Waals surface area contributed by atoms with Gasteiger partial charge in [0, 0.05) is 18.8 Å². The van der Waals surface area contributed by atoms with Crippen molar-refractivity contribution in [2.24, 2.45) is 5.14 Å². The molecule has 0 atom stereocenters. The minimum Gasteiger partial charge on any atom is -0.493 e. The summed E-state index contributed by atoms with van der Waals surface area (Å²) >= 11 is 6.89. The molecule has 0 aliphatic heterocycles. The second kappa shape index (κ2) is 8.57. The molecule has 5 nitrogen and oxygen atoms in total. The molecule has 1 rings (SSSR count). The van der Waals surface area contributed by atoms with Gasteiger partial charge in [0.05, 0.1) is 11.5 Å². The van der Waals surface area contributed by atoms with Crippen molar-refractivity contribution in [3.05, 3.63) is 24.3 Å². The minimum atomic E-state index is -3.65. The Hall–Kier alpha value is -0.830. The van der Waals surface area contributed by atoms with Crippen molar-refractivity contribution in [3.8, 4) is 5.75 Å². The van der Waals surface area contributed by atoms with Crippen LogP contribution in [0.2, 0.25) is 0 Å². The van der Waals surface area contributed by atoms with Gasteiger partial charge < -0.3 is 9.64 Å². The molecule has 1 aromatic carbocycles. The molecule has 8 heteroatoms. The largest absolute Gasteiger partial charge is 0.493 e. The summed E-state index contributed by atoms with van der Waals surface area (Å²) in [5.41, 5.74) is 0. The first-order chi connectivity index (χ1) is 9.88. The maximum Gasteiger partial charge on any atom is 0.238 e. The summed E-state index contributed by atoms with van der Waals surface area (Å²) in [4.78, 5) is 2.19. The molecule has 1 aromatic rings. The lowest BCUT2D eigenvalue weighted by Crippen LogP contribution is -2.27. The molecule has 0 radical (unpaired) electrons. The van der Waals surface area contributed by atoms with E-state index < -0.39 is 10.0 Å². The monoisotopic (exact) mass is 348 g/mol. The maximum atomic E-state index is 11.1. The first-order valence-electron chi connectivity index (χ1n) is 6.55. The second-order valence-electron chi connectivity index (χ2n) is 4.15. The molecule has 0 aliphatic rings. The first kappa shape index (κ1) is 18.2. The normalized spacial score (nSPS) is 11.2. The quantitative estimate of drug-likeness (QED) is 0.601. The predicted molar refractivity (Wildman–Crippen MR) is 91.3 cm³/mol. The lowest BCUT2D eigenvalue weighted by Gasteiger charge is -2.20. The standard InChI is InChI=1S/C13H20N2O3S3/c1-3-15(4-2)13(19)20-10-9-18-11-5-7-12(8-6-11)21(14,16)17/h5-8H,3-4,9-10H2,1-2H3,(H2,14,16,17). The van der Waals surface area contributed by atoms with Gasteiger partial charge in [-0.25, -0.2) is 13.6 Å². The van der Waals surface area contributed by atoms with E-state index in [1.807, 2.05) is 0 Å². The van der Waals surface area contributed by atoms with E-state index >= 15 is 0 Å². The third-order valence-electron chi connectivity index (χ3n) is 2.75. The number of nitrogens with zero attached hydrogens (tertiary/aromatic N) is 1. The number of benzene rings is 1. The topological polar surface area (TPSA) is 72.6 Å². The SMILES string of the molecule is CCN(CC)C(=S)SCCOc1ccc(S(N)(=O)=O)cc1. The Morgan fingerprint density at radius 1 is 1.29 bits per heavy atom. The van der Waals surface area contributed by atoms with Gasteiger partial charge in [-0.2, -0.15) is 0 Å². The Morgan fingerprint density at radius 3 is 2.33 bits per heavy atom. The maximum absolute atomic E-state index is 11.1. The molecule has 0 saturated heterocycles. The molecule has 0 aliphatic carbocycles. The van der Waals surface area contributed by atoms with Gasteiger partial charge in [0.1, 0.15) is 10.1 Å². The van der Waals surface area contributed by atoms with Crippen molar-refractivity contribution in [1.29, 1.82) is 0 Å². The van der Waals surface area contributed by atoms with E-state index in [-0.39, 0.29) is 4.90 Å². The zero-order chi connectivity index (χ0) is 15.9. The molecular weight excluding hydrogens is 328 g/mol. The van der Waals surface area contributed by atoms with Crippen LogP contribution in [0.4, 0.5) is 0 Å². The molecule has 0 spiro atoms. The van der Waals surface area contributed by atoms with E-state index in [9.17, 15) is 8.42 Å². The molecule has 0 unspecified atom stereocenters. The van der Waals surface area contributed by atoms with Crippen LogP contribution in [0.5, 0.6) is 5.75 Å². The number of rotatable bonds is 7. The van der Waals surface area contributed by atoms with Crippen molar-refractivity contribution in [2.45, 2.75) is 18.7 Å². The molecule has 0 saturated carbocycles. The summed E-state index contributed by atoms with van der Waals surface area (Å²) in [7, 11) is -3.65. The lowest BCUT2D eigenvalue weighted by atomic mass is 10.3. The van der Waals surface area contributed by atoms with Gasteiger partial charge >= 0.3 is 0 Å². The molecule has 0 aromatic heterocycles. The van der Waals surface area contributed by atoms with E-state index in [2.05, 4.69) is 18.7 Å². The van der Waals surface area contributed by atoms with Crippen LogP contribution in [0.15, 0.2) is 29.2 Å². The number of hydrogen-bond acceptors (Lipinski definition) is 5. The Balaban J connectivity index is 2.38. The van der Waals surface area contributed by atoms with E-state index in [1.54, 1.807) is 23.9 Å². The summed E-state index contributed by atoms with van der Waals surface area (Å²) in [6, 6.07) is 6.04. The van der Waals surface area contributed by atoms with Crippen LogP contribution in [0.1, 0.15) is 13.8 Å². The zero-order valence-corrected chi connectivity index (χ0v) is 14.6. The van der Waals surface area contributed by atoms with Gasteiger partial charge in [-0.3, -0.25) is 0 Å². The number of primary sulfonamides is 1. The molecule has 0 amide bonds. The van der Waals surface area contributed by atoms with Gasteiger partial charge in [-0.05, 0) is 38.1 Å².